The molecule has 6 nitrogen and oxygen atoms in total. The van der Waals surface area contributed by atoms with Crippen LogP contribution in [0.2, 0.25) is 0 Å². The van der Waals surface area contributed by atoms with Crippen molar-refractivity contribution in [3.8, 4) is 0 Å². The first-order chi connectivity index (χ1) is 10.0. The number of hydrogen-bond donors (Lipinski definition) is 3. The Bertz CT molecular complexity index is 743. The summed E-state index contributed by atoms with van der Waals surface area (Å²) in [6.07, 6.45) is 1.35. The van der Waals surface area contributed by atoms with Crippen LogP contribution in [0.1, 0.15) is 22.4 Å². The predicted octanol–water partition coefficient (Wildman–Crippen LogP) is 0.656. The van der Waals surface area contributed by atoms with Gasteiger partial charge in [0.05, 0.1) is 6.61 Å². The van der Waals surface area contributed by atoms with E-state index in [2.05, 4.69) is 14.9 Å². The molecule has 0 radical (unpaired) electrons. The van der Waals surface area contributed by atoms with E-state index < -0.39 is 10.0 Å². The molecule has 2 aromatic rings. The molecule has 0 atom stereocenters. The third-order valence-electron chi connectivity index (χ3n) is 3.82. The maximum atomic E-state index is 12.4. The van der Waals surface area contributed by atoms with Crippen LogP contribution in [-0.2, 0) is 29.5 Å². The van der Waals surface area contributed by atoms with Crippen molar-refractivity contribution >= 4 is 10.0 Å². The minimum absolute atomic E-state index is 0.113. The van der Waals surface area contributed by atoms with Crippen LogP contribution in [-0.4, -0.2) is 29.8 Å². The molecule has 0 fully saturated rings. The second kappa shape index (κ2) is 5.25. The number of nitrogens with zero attached hydrogens (tertiary/aromatic N) is 1. The highest BCUT2D eigenvalue weighted by atomic mass is 32.2. The largest absolute Gasteiger partial charge is 0.392 e. The molecule has 0 bridgehead atoms. The number of aromatic amines is 1. The van der Waals surface area contributed by atoms with E-state index in [1.807, 2.05) is 24.3 Å². The Kier molecular flexibility index (Phi) is 3.56. The molecule has 7 heteroatoms. The minimum Gasteiger partial charge on any atom is -0.392 e. The molecule has 1 aliphatic carbocycles. The summed E-state index contributed by atoms with van der Waals surface area (Å²) in [5.41, 5.74) is 3.22. The smallest absolute Gasteiger partial charge is 0.260 e. The summed E-state index contributed by atoms with van der Waals surface area (Å²) in [5.74, 6) is 0. The molecule has 1 aromatic heterocycles. The minimum atomic E-state index is -3.74. The van der Waals surface area contributed by atoms with Crippen molar-refractivity contribution in [2.45, 2.75) is 37.4 Å². The van der Waals surface area contributed by atoms with Crippen molar-refractivity contribution in [2.75, 3.05) is 0 Å². The normalized spacial score (nSPS) is 15.3. The quantitative estimate of drug-likeness (QED) is 0.773. The van der Waals surface area contributed by atoms with Crippen LogP contribution >= 0.6 is 0 Å². The van der Waals surface area contributed by atoms with Gasteiger partial charge in [0.15, 0.2) is 5.03 Å². The van der Waals surface area contributed by atoms with E-state index in [0.29, 0.717) is 24.1 Å². The highest BCUT2D eigenvalue weighted by Gasteiger charge is 2.29. The van der Waals surface area contributed by atoms with Gasteiger partial charge >= 0.3 is 0 Å². The summed E-state index contributed by atoms with van der Waals surface area (Å²) >= 11 is 0. The summed E-state index contributed by atoms with van der Waals surface area (Å²) in [6.45, 7) is 1.33. The zero-order valence-electron chi connectivity index (χ0n) is 11.6. The lowest BCUT2D eigenvalue weighted by Crippen LogP contribution is -2.36. The van der Waals surface area contributed by atoms with Crippen molar-refractivity contribution in [2.24, 2.45) is 0 Å². The van der Waals surface area contributed by atoms with Crippen LogP contribution in [0.3, 0.4) is 0 Å². The van der Waals surface area contributed by atoms with E-state index in [1.54, 1.807) is 6.92 Å². The lowest BCUT2D eigenvalue weighted by Gasteiger charge is -2.11. The average Bonchev–Trinajstić information content (AvgIpc) is 3.00. The van der Waals surface area contributed by atoms with E-state index in [-0.39, 0.29) is 17.7 Å². The number of nitrogens with one attached hydrogen (secondary N) is 2. The van der Waals surface area contributed by atoms with Crippen LogP contribution in [0.15, 0.2) is 29.3 Å². The van der Waals surface area contributed by atoms with Gasteiger partial charge in [-0.1, -0.05) is 24.3 Å². The van der Waals surface area contributed by atoms with E-state index in [0.717, 1.165) is 0 Å². The van der Waals surface area contributed by atoms with Crippen LogP contribution in [0.5, 0.6) is 0 Å². The molecule has 3 N–H and O–H groups in total. The number of aliphatic hydroxyl groups is 1. The molecule has 1 aromatic carbocycles. The molecule has 1 aliphatic rings. The molecular formula is C14H17N3O3S. The van der Waals surface area contributed by atoms with Crippen molar-refractivity contribution in [1.82, 2.24) is 14.9 Å². The number of aliphatic hydroxyl groups excluding tert-OH is 1. The first-order valence-electron chi connectivity index (χ1n) is 6.75. The third-order valence-corrected chi connectivity index (χ3v) is 5.31. The molecule has 0 spiro atoms. The van der Waals surface area contributed by atoms with Gasteiger partial charge in [-0.2, -0.15) is 5.10 Å². The zero-order chi connectivity index (χ0) is 15.0. The number of sulfonamides is 1. The molecule has 0 aliphatic heterocycles. The maximum absolute atomic E-state index is 12.4. The number of benzene rings is 1. The summed E-state index contributed by atoms with van der Waals surface area (Å²) < 4.78 is 27.5. The van der Waals surface area contributed by atoms with Crippen molar-refractivity contribution in [3.63, 3.8) is 0 Å². The molecule has 0 amide bonds. The summed E-state index contributed by atoms with van der Waals surface area (Å²) in [6, 6.07) is 7.77. The fourth-order valence-electron chi connectivity index (χ4n) is 2.76. The van der Waals surface area contributed by atoms with Gasteiger partial charge in [-0.3, -0.25) is 5.10 Å². The summed E-state index contributed by atoms with van der Waals surface area (Å²) in [7, 11) is -3.74. The maximum Gasteiger partial charge on any atom is 0.260 e. The molecule has 1 heterocycles. The lowest BCUT2D eigenvalue weighted by atomic mass is 10.1. The fourth-order valence-corrected chi connectivity index (χ4v) is 4.18. The van der Waals surface area contributed by atoms with Gasteiger partial charge in [-0.25, -0.2) is 13.1 Å². The molecule has 0 unspecified atom stereocenters. The molecule has 3 rings (SSSR count). The van der Waals surface area contributed by atoms with Gasteiger partial charge in [0.1, 0.15) is 0 Å². The number of fused-ring (bicyclic) bond motifs is 1. The van der Waals surface area contributed by atoms with Crippen molar-refractivity contribution < 1.29 is 13.5 Å². The van der Waals surface area contributed by atoms with E-state index in [4.69, 9.17) is 0 Å². The Labute approximate surface area is 123 Å². The Morgan fingerprint density at radius 1 is 1.33 bits per heavy atom. The number of aryl methyl sites for hydroxylation is 1. The highest BCUT2D eigenvalue weighted by molar-refractivity contribution is 7.89. The van der Waals surface area contributed by atoms with E-state index in [9.17, 15) is 13.5 Å². The Morgan fingerprint density at radius 2 is 1.95 bits per heavy atom. The van der Waals surface area contributed by atoms with Crippen LogP contribution in [0, 0.1) is 6.92 Å². The molecule has 0 saturated carbocycles. The Morgan fingerprint density at radius 3 is 2.52 bits per heavy atom. The second-order valence-corrected chi connectivity index (χ2v) is 6.91. The monoisotopic (exact) mass is 307 g/mol. The highest BCUT2D eigenvalue weighted by Crippen LogP contribution is 2.24. The molecule has 21 heavy (non-hydrogen) atoms. The number of H-pyrrole nitrogens is 1. The number of aromatic nitrogens is 2. The van der Waals surface area contributed by atoms with Gasteiger partial charge in [0, 0.05) is 17.3 Å². The van der Waals surface area contributed by atoms with Gasteiger partial charge in [-0.05, 0) is 30.9 Å². The van der Waals surface area contributed by atoms with Crippen molar-refractivity contribution in [1.29, 1.82) is 0 Å². The first-order valence-corrected chi connectivity index (χ1v) is 8.23. The average molecular weight is 307 g/mol. The first kappa shape index (κ1) is 14.2. The molecule has 0 saturated heterocycles. The second-order valence-electron chi connectivity index (χ2n) is 5.29. The number of hydrogen-bond acceptors (Lipinski definition) is 4. The van der Waals surface area contributed by atoms with E-state index >= 15 is 0 Å². The van der Waals surface area contributed by atoms with Gasteiger partial charge in [0.2, 0.25) is 0 Å². The summed E-state index contributed by atoms with van der Waals surface area (Å²) in [4.78, 5) is 0. The Hall–Kier alpha value is -1.70. The Balaban J connectivity index is 1.82. The standard InChI is InChI=1S/C14H17N3O3S/c1-9-13(8-18)14(16-15-9)21(19,20)17-12-6-10-4-2-3-5-11(10)7-12/h2-5,12,17-18H,6-8H2,1H3,(H,15,16). The third kappa shape index (κ3) is 2.59. The predicted molar refractivity (Wildman–Crippen MR) is 77.2 cm³/mol. The fraction of sp³-hybridized carbons (Fsp3) is 0.357. The zero-order valence-corrected chi connectivity index (χ0v) is 12.4. The van der Waals surface area contributed by atoms with Gasteiger partial charge in [-0.15, -0.1) is 0 Å². The topological polar surface area (TPSA) is 95.1 Å². The van der Waals surface area contributed by atoms with Gasteiger partial charge in [0.25, 0.3) is 10.0 Å². The lowest BCUT2D eigenvalue weighted by molar-refractivity contribution is 0.277. The van der Waals surface area contributed by atoms with E-state index in [1.165, 1.54) is 11.1 Å². The summed E-state index contributed by atoms with van der Waals surface area (Å²) in [5, 5.41) is 15.6. The SMILES string of the molecule is Cc1[nH]nc(S(=O)(=O)NC2Cc3ccccc3C2)c1CO. The van der Waals surface area contributed by atoms with Crippen LogP contribution in [0.25, 0.3) is 0 Å². The van der Waals surface area contributed by atoms with Crippen molar-refractivity contribution in [3.05, 3.63) is 46.6 Å². The molecular weight excluding hydrogens is 290 g/mol. The number of rotatable bonds is 4. The molecule has 112 valence electrons. The van der Waals surface area contributed by atoms with Gasteiger partial charge < -0.3 is 5.11 Å². The van der Waals surface area contributed by atoms with Crippen LogP contribution in [0.4, 0.5) is 0 Å². The van der Waals surface area contributed by atoms with Crippen LogP contribution < -0.4 is 4.72 Å².